The zero-order chi connectivity index (χ0) is 12.3. The molecule has 0 aliphatic carbocycles. The normalized spacial score (nSPS) is 14.6. The number of aliphatic hydroxyl groups excluding tert-OH is 2. The van der Waals surface area contributed by atoms with E-state index in [0.29, 0.717) is 4.47 Å². The predicted molar refractivity (Wildman–Crippen MR) is 62.4 cm³/mol. The number of methoxy groups -OCH3 is 1. The van der Waals surface area contributed by atoms with Gasteiger partial charge in [-0.3, -0.25) is 0 Å². The SMILES string of the molecule is COc1ccc(Br)c(C(O)C(O)CN)c1O. The first-order valence-corrected chi connectivity index (χ1v) is 5.43. The van der Waals surface area contributed by atoms with Crippen molar-refractivity contribution in [2.24, 2.45) is 5.73 Å². The Balaban J connectivity index is 3.20. The summed E-state index contributed by atoms with van der Waals surface area (Å²) in [5, 5.41) is 29.1. The molecule has 1 rings (SSSR count). The number of hydrogen-bond donors (Lipinski definition) is 4. The minimum Gasteiger partial charge on any atom is -0.504 e. The van der Waals surface area contributed by atoms with Gasteiger partial charge >= 0.3 is 0 Å². The third-order valence-corrected chi connectivity index (χ3v) is 2.94. The van der Waals surface area contributed by atoms with Gasteiger partial charge in [0.15, 0.2) is 11.5 Å². The van der Waals surface area contributed by atoms with Gasteiger partial charge in [0.1, 0.15) is 6.10 Å². The van der Waals surface area contributed by atoms with Crippen LogP contribution in [0.4, 0.5) is 0 Å². The molecular weight excluding hydrogens is 278 g/mol. The molecule has 0 aliphatic heterocycles. The third-order valence-electron chi connectivity index (χ3n) is 2.25. The van der Waals surface area contributed by atoms with Crippen LogP contribution < -0.4 is 10.5 Å². The fourth-order valence-corrected chi connectivity index (χ4v) is 1.89. The van der Waals surface area contributed by atoms with E-state index < -0.39 is 12.2 Å². The monoisotopic (exact) mass is 291 g/mol. The van der Waals surface area contributed by atoms with E-state index in [0.717, 1.165) is 0 Å². The van der Waals surface area contributed by atoms with Crippen molar-refractivity contribution in [1.82, 2.24) is 0 Å². The highest BCUT2D eigenvalue weighted by Gasteiger charge is 2.24. The van der Waals surface area contributed by atoms with Gasteiger partial charge in [-0.1, -0.05) is 15.9 Å². The van der Waals surface area contributed by atoms with Crippen LogP contribution in [0.1, 0.15) is 11.7 Å². The van der Waals surface area contributed by atoms with Crippen LogP contribution >= 0.6 is 15.9 Å². The Hall–Kier alpha value is -0.820. The second-order valence-electron chi connectivity index (χ2n) is 3.26. The lowest BCUT2D eigenvalue weighted by molar-refractivity contribution is 0.0223. The first kappa shape index (κ1) is 13.2. The van der Waals surface area contributed by atoms with E-state index in [1.54, 1.807) is 12.1 Å². The van der Waals surface area contributed by atoms with Gasteiger partial charge in [0.25, 0.3) is 0 Å². The molecule has 0 spiro atoms. The van der Waals surface area contributed by atoms with Gasteiger partial charge in [-0.15, -0.1) is 0 Å². The molecule has 0 saturated heterocycles. The molecule has 5 nitrogen and oxygen atoms in total. The molecule has 0 saturated carbocycles. The number of aliphatic hydroxyl groups is 2. The number of benzene rings is 1. The zero-order valence-corrected chi connectivity index (χ0v) is 10.3. The van der Waals surface area contributed by atoms with Crippen molar-refractivity contribution >= 4 is 15.9 Å². The molecule has 0 aromatic heterocycles. The van der Waals surface area contributed by atoms with Crippen LogP contribution in [0.15, 0.2) is 16.6 Å². The number of nitrogens with two attached hydrogens (primary N) is 1. The van der Waals surface area contributed by atoms with Crippen molar-refractivity contribution in [3.05, 3.63) is 22.2 Å². The topological polar surface area (TPSA) is 95.9 Å². The molecule has 0 fully saturated rings. The molecular formula is C10H14BrNO4. The standard InChI is InChI=1S/C10H14BrNO4/c1-16-7-3-2-5(11)8(10(7)15)9(14)6(13)4-12/h2-3,6,9,13-15H,4,12H2,1H3. The Morgan fingerprint density at radius 1 is 1.44 bits per heavy atom. The number of aromatic hydroxyl groups is 1. The zero-order valence-electron chi connectivity index (χ0n) is 8.72. The van der Waals surface area contributed by atoms with E-state index in [2.05, 4.69) is 15.9 Å². The Bertz CT molecular complexity index is 372. The summed E-state index contributed by atoms with van der Waals surface area (Å²) in [6.07, 6.45) is -2.41. The average Bonchev–Trinajstić information content (AvgIpc) is 2.28. The summed E-state index contributed by atoms with van der Waals surface area (Å²) in [7, 11) is 1.40. The van der Waals surface area contributed by atoms with Crippen LogP contribution in [0, 0.1) is 0 Å². The lowest BCUT2D eigenvalue weighted by atomic mass is 10.0. The van der Waals surface area contributed by atoms with E-state index in [9.17, 15) is 15.3 Å². The summed E-state index contributed by atoms with van der Waals surface area (Å²) in [5.41, 5.74) is 5.41. The summed E-state index contributed by atoms with van der Waals surface area (Å²) < 4.78 is 5.39. The van der Waals surface area contributed by atoms with Gasteiger partial charge in [0, 0.05) is 16.6 Å². The van der Waals surface area contributed by atoms with Crippen molar-refractivity contribution in [3.63, 3.8) is 0 Å². The smallest absolute Gasteiger partial charge is 0.164 e. The molecule has 0 aliphatic rings. The highest BCUT2D eigenvalue weighted by atomic mass is 79.9. The van der Waals surface area contributed by atoms with Gasteiger partial charge in [-0.25, -0.2) is 0 Å². The fraction of sp³-hybridized carbons (Fsp3) is 0.400. The Morgan fingerprint density at radius 3 is 2.56 bits per heavy atom. The number of phenolic OH excluding ortho intramolecular Hbond substituents is 1. The van der Waals surface area contributed by atoms with Crippen molar-refractivity contribution in [1.29, 1.82) is 0 Å². The molecule has 16 heavy (non-hydrogen) atoms. The number of phenols is 1. The van der Waals surface area contributed by atoms with Crippen LogP contribution in [0.3, 0.4) is 0 Å². The number of ether oxygens (including phenoxy) is 1. The van der Waals surface area contributed by atoms with E-state index in [1.807, 2.05) is 0 Å². The maximum Gasteiger partial charge on any atom is 0.164 e. The van der Waals surface area contributed by atoms with E-state index in [4.69, 9.17) is 10.5 Å². The van der Waals surface area contributed by atoms with Crippen molar-refractivity contribution in [2.45, 2.75) is 12.2 Å². The lowest BCUT2D eigenvalue weighted by Gasteiger charge is -2.20. The predicted octanol–water partition coefficient (Wildman–Crippen LogP) is 0.516. The van der Waals surface area contributed by atoms with Gasteiger partial charge in [0.05, 0.1) is 13.2 Å². The van der Waals surface area contributed by atoms with Crippen molar-refractivity contribution < 1.29 is 20.1 Å². The Morgan fingerprint density at radius 2 is 2.06 bits per heavy atom. The van der Waals surface area contributed by atoms with Crippen molar-refractivity contribution in [2.75, 3.05) is 13.7 Å². The van der Waals surface area contributed by atoms with E-state index in [-0.39, 0.29) is 23.6 Å². The van der Waals surface area contributed by atoms with Gasteiger partial charge in [-0.05, 0) is 12.1 Å². The minimum atomic E-state index is -1.27. The first-order chi connectivity index (χ1) is 7.52. The molecule has 0 bridgehead atoms. The molecule has 90 valence electrons. The number of rotatable bonds is 4. The first-order valence-electron chi connectivity index (χ1n) is 4.64. The Labute approximate surface area is 102 Å². The summed E-state index contributed by atoms with van der Waals surface area (Å²) >= 11 is 3.18. The van der Waals surface area contributed by atoms with E-state index >= 15 is 0 Å². The van der Waals surface area contributed by atoms with Gasteiger partial charge in [-0.2, -0.15) is 0 Å². The molecule has 0 heterocycles. The van der Waals surface area contributed by atoms with Crippen LogP contribution in [-0.4, -0.2) is 35.1 Å². The highest BCUT2D eigenvalue weighted by Crippen LogP contribution is 2.39. The third kappa shape index (κ3) is 2.46. The lowest BCUT2D eigenvalue weighted by Crippen LogP contribution is -2.27. The molecule has 2 unspecified atom stereocenters. The fourth-order valence-electron chi connectivity index (χ4n) is 1.33. The molecule has 6 heteroatoms. The second-order valence-corrected chi connectivity index (χ2v) is 4.11. The van der Waals surface area contributed by atoms with E-state index in [1.165, 1.54) is 7.11 Å². The molecule has 0 amide bonds. The second kappa shape index (κ2) is 5.49. The number of hydrogen-bond acceptors (Lipinski definition) is 5. The van der Waals surface area contributed by atoms with Crippen molar-refractivity contribution in [3.8, 4) is 11.5 Å². The maximum atomic E-state index is 9.82. The number of halogens is 1. The van der Waals surface area contributed by atoms with Crippen LogP contribution in [0.5, 0.6) is 11.5 Å². The van der Waals surface area contributed by atoms with Crippen LogP contribution in [0.25, 0.3) is 0 Å². The summed E-state index contributed by atoms with van der Waals surface area (Å²) in [5.74, 6) is 0.0124. The molecule has 5 N–H and O–H groups in total. The van der Waals surface area contributed by atoms with Crippen LogP contribution in [-0.2, 0) is 0 Å². The van der Waals surface area contributed by atoms with Crippen LogP contribution in [0.2, 0.25) is 0 Å². The summed E-state index contributed by atoms with van der Waals surface area (Å²) in [4.78, 5) is 0. The largest absolute Gasteiger partial charge is 0.504 e. The highest BCUT2D eigenvalue weighted by molar-refractivity contribution is 9.10. The molecule has 2 atom stereocenters. The minimum absolute atomic E-state index is 0.107. The maximum absolute atomic E-state index is 9.82. The molecule has 1 aromatic carbocycles. The van der Waals surface area contributed by atoms with Gasteiger partial charge in [0.2, 0.25) is 0 Å². The van der Waals surface area contributed by atoms with Gasteiger partial charge < -0.3 is 25.8 Å². The average molecular weight is 292 g/mol. The quantitative estimate of drug-likeness (QED) is 0.649. The Kier molecular flexibility index (Phi) is 4.55. The summed E-state index contributed by atoms with van der Waals surface area (Å²) in [6.45, 7) is -0.107. The molecule has 0 radical (unpaired) electrons. The molecule has 1 aromatic rings. The summed E-state index contributed by atoms with van der Waals surface area (Å²) in [6, 6.07) is 3.16.